The molecule has 25 heavy (non-hydrogen) atoms. The largest absolute Gasteiger partial charge is 0.375 e. The van der Waals surface area contributed by atoms with E-state index >= 15 is 0 Å². The number of benzene rings is 2. The first-order chi connectivity index (χ1) is 12.0. The summed E-state index contributed by atoms with van der Waals surface area (Å²) in [6, 6.07) is 18.2. The van der Waals surface area contributed by atoms with Gasteiger partial charge < -0.3 is 4.74 Å². The molecule has 1 saturated heterocycles. The number of rotatable bonds is 5. The van der Waals surface area contributed by atoms with Crippen molar-refractivity contribution in [2.45, 2.75) is 70.8 Å². The molecule has 0 amide bonds. The molecule has 1 aliphatic rings. The summed E-state index contributed by atoms with van der Waals surface area (Å²) >= 11 is 0. The van der Waals surface area contributed by atoms with Gasteiger partial charge in [0.15, 0.2) is 0 Å². The van der Waals surface area contributed by atoms with Gasteiger partial charge >= 0.3 is 0 Å². The third-order valence-electron chi connectivity index (χ3n) is 6.12. The van der Waals surface area contributed by atoms with E-state index in [4.69, 9.17) is 4.74 Å². The molecule has 2 aromatic carbocycles. The van der Waals surface area contributed by atoms with E-state index in [0.717, 1.165) is 38.7 Å². The van der Waals surface area contributed by atoms with Gasteiger partial charge in [0.25, 0.3) is 0 Å². The molecule has 0 spiro atoms. The molecule has 1 heterocycles. The van der Waals surface area contributed by atoms with E-state index in [1.54, 1.807) is 5.56 Å². The van der Waals surface area contributed by atoms with Crippen LogP contribution in [0.1, 0.15) is 62.3 Å². The molecular formula is C24H32O. The molecule has 2 unspecified atom stereocenters. The second-order valence-corrected chi connectivity index (χ2v) is 8.03. The minimum absolute atomic E-state index is 0.0240. The molecule has 0 radical (unpaired) electrons. The van der Waals surface area contributed by atoms with Gasteiger partial charge in [-0.15, -0.1) is 0 Å². The summed E-state index contributed by atoms with van der Waals surface area (Å²) in [7, 11) is 0. The van der Waals surface area contributed by atoms with Crippen LogP contribution in [-0.4, -0.2) is 12.2 Å². The quantitative estimate of drug-likeness (QED) is 0.649. The highest BCUT2D eigenvalue weighted by Gasteiger charge is 2.44. The fourth-order valence-corrected chi connectivity index (χ4v) is 4.49. The zero-order chi connectivity index (χ0) is 17.9. The summed E-state index contributed by atoms with van der Waals surface area (Å²) in [6.45, 7) is 9.85. The van der Waals surface area contributed by atoms with Crippen LogP contribution < -0.4 is 0 Å². The molecule has 1 fully saturated rings. The number of hydrogen-bond acceptors (Lipinski definition) is 1. The second kappa shape index (κ2) is 7.33. The third-order valence-corrected chi connectivity index (χ3v) is 6.12. The molecule has 0 bridgehead atoms. The van der Waals surface area contributed by atoms with Gasteiger partial charge in [-0.25, -0.2) is 0 Å². The van der Waals surface area contributed by atoms with E-state index in [1.807, 2.05) is 0 Å². The van der Waals surface area contributed by atoms with Gasteiger partial charge in [0, 0.05) is 12.0 Å². The summed E-state index contributed by atoms with van der Waals surface area (Å²) in [5.41, 5.74) is 5.96. The lowest BCUT2D eigenvalue weighted by Crippen LogP contribution is -2.47. The zero-order valence-electron chi connectivity index (χ0n) is 16.3. The van der Waals surface area contributed by atoms with Crippen molar-refractivity contribution >= 4 is 0 Å². The lowest BCUT2D eigenvalue weighted by Gasteiger charge is -2.47. The van der Waals surface area contributed by atoms with Gasteiger partial charge in [0.2, 0.25) is 0 Å². The van der Waals surface area contributed by atoms with Crippen molar-refractivity contribution in [1.29, 1.82) is 0 Å². The molecule has 0 saturated carbocycles. The van der Waals surface area contributed by atoms with Gasteiger partial charge in [-0.05, 0) is 62.6 Å². The van der Waals surface area contributed by atoms with Crippen LogP contribution in [0, 0.1) is 6.92 Å². The van der Waals surface area contributed by atoms with Crippen LogP contribution in [-0.2, 0) is 23.0 Å². The SMILES string of the molecule is CCc1ccccc1C1(Cc2ccc(C)cc2)CCOC(C)(CC)C1. The Labute approximate surface area is 153 Å². The number of aryl methyl sites for hydroxylation is 2. The minimum atomic E-state index is -0.0240. The van der Waals surface area contributed by atoms with Gasteiger partial charge in [-0.3, -0.25) is 0 Å². The zero-order valence-corrected chi connectivity index (χ0v) is 16.3. The highest BCUT2D eigenvalue weighted by molar-refractivity contribution is 5.38. The summed E-state index contributed by atoms with van der Waals surface area (Å²) in [6.07, 6.45) is 5.46. The molecule has 3 rings (SSSR count). The van der Waals surface area contributed by atoms with Gasteiger partial charge in [0.05, 0.1) is 5.60 Å². The lowest BCUT2D eigenvalue weighted by atomic mass is 9.64. The molecule has 0 aromatic heterocycles. The number of ether oxygens (including phenoxy) is 1. The average Bonchev–Trinajstić information content (AvgIpc) is 2.64. The van der Waals surface area contributed by atoms with Gasteiger partial charge in [-0.1, -0.05) is 67.9 Å². The first kappa shape index (κ1) is 18.2. The molecule has 2 aromatic rings. The first-order valence-corrected chi connectivity index (χ1v) is 9.78. The van der Waals surface area contributed by atoms with Gasteiger partial charge in [0.1, 0.15) is 0 Å². The van der Waals surface area contributed by atoms with Crippen molar-refractivity contribution in [3.63, 3.8) is 0 Å². The topological polar surface area (TPSA) is 9.23 Å². The fraction of sp³-hybridized carbons (Fsp3) is 0.500. The van der Waals surface area contributed by atoms with Crippen LogP contribution in [0.2, 0.25) is 0 Å². The van der Waals surface area contributed by atoms with Crippen molar-refractivity contribution in [2.24, 2.45) is 0 Å². The fourth-order valence-electron chi connectivity index (χ4n) is 4.49. The van der Waals surface area contributed by atoms with Gasteiger partial charge in [-0.2, -0.15) is 0 Å². The minimum Gasteiger partial charge on any atom is -0.375 e. The summed E-state index contributed by atoms with van der Waals surface area (Å²) in [5, 5.41) is 0. The standard InChI is InChI=1S/C24H32O/c1-5-21-9-7-8-10-22(21)24(15-16-25-23(4,6-2)18-24)17-20-13-11-19(3)12-14-20/h7-14H,5-6,15-18H2,1-4H3. The molecule has 2 atom stereocenters. The molecule has 1 nitrogen and oxygen atoms in total. The Morgan fingerprint density at radius 1 is 1.00 bits per heavy atom. The molecule has 1 aliphatic heterocycles. The van der Waals surface area contributed by atoms with Crippen LogP contribution in [0.5, 0.6) is 0 Å². The first-order valence-electron chi connectivity index (χ1n) is 9.78. The average molecular weight is 337 g/mol. The van der Waals surface area contributed by atoms with Crippen LogP contribution in [0.15, 0.2) is 48.5 Å². The van der Waals surface area contributed by atoms with E-state index in [-0.39, 0.29) is 11.0 Å². The van der Waals surface area contributed by atoms with Crippen LogP contribution in [0.25, 0.3) is 0 Å². The normalized spacial score (nSPS) is 26.6. The second-order valence-electron chi connectivity index (χ2n) is 8.03. The predicted molar refractivity (Wildman–Crippen MR) is 106 cm³/mol. The molecule has 0 aliphatic carbocycles. The Bertz CT molecular complexity index is 702. The van der Waals surface area contributed by atoms with E-state index < -0.39 is 0 Å². The maximum atomic E-state index is 6.22. The molecule has 1 heteroatoms. The maximum absolute atomic E-state index is 6.22. The third kappa shape index (κ3) is 3.82. The Balaban J connectivity index is 2.06. The van der Waals surface area contributed by atoms with E-state index in [1.165, 1.54) is 16.7 Å². The smallest absolute Gasteiger partial charge is 0.0660 e. The van der Waals surface area contributed by atoms with E-state index in [2.05, 4.69) is 76.2 Å². The summed E-state index contributed by atoms with van der Waals surface area (Å²) in [5.74, 6) is 0. The van der Waals surface area contributed by atoms with Crippen molar-refractivity contribution in [1.82, 2.24) is 0 Å². The molecular weight excluding hydrogens is 304 g/mol. The van der Waals surface area contributed by atoms with Crippen molar-refractivity contribution in [2.75, 3.05) is 6.61 Å². The Hall–Kier alpha value is -1.60. The van der Waals surface area contributed by atoms with E-state index in [9.17, 15) is 0 Å². The molecule has 134 valence electrons. The van der Waals surface area contributed by atoms with Crippen molar-refractivity contribution in [3.8, 4) is 0 Å². The van der Waals surface area contributed by atoms with E-state index in [0.29, 0.717) is 0 Å². The monoisotopic (exact) mass is 336 g/mol. The summed E-state index contributed by atoms with van der Waals surface area (Å²) in [4.78, 5) is 0. The Morgan fingerprint density at radius 3 is 2.40 bits per heavy atom. The highest BCUT2D eigenvalue weighted by atomic mass is 16.5. The van der Waals surface area contributed by atoms with Crippen LogP contribution in [0.3, 0.4) is 0 Å². The Kier molecular flexibility index (Phi) is 5.34. The molecule has 0 N–H and O–H groups in total. The van der Waals surface area contributed by atoms with Crippen LogP contribution in [0.4, 0.5) is 0 Å². The van der Waals surface area contributed by atoms with Crippen molar-refractivity contribution < 1.29 is 4.74 Å². The number of hydrogen-bond donors (Lipinski definition) is 0. The van der Waals surface area contributed by atoms with Crippen LogP contribution >= 0.6 is 0 Å². The Morgan fingerprint density at radius 2 is 1.72 bits per heavy atom. The lowest BCUT2D eigenvalue weighted by molar-refractivity contribution is -0.0966. The van der Waals surface area contributed by atoms with Crippen molar-refractivity contribution in [3.05, 3.63) is 70.8 Å². The highest BCUT2D eigenvalue weighted by Crippen LogP contribution is 2.46. The maximum Gasteiger partial charge on any atom is 0.0660 e. The summed E-state index contributed by atoms with van der Waals surface area (Å²) < 4.78 is 6.22. The predicted octanol–water partition coefficient (Wildman–Crippen LogP) is 6.02.